The van der Waals surface area contributed by atoms with Gasteiger partial charge in [0.25, 0.3) is 16.7 Å². The maximum absolute atomic E-state index is 14.5. The molecule has 706 valence electrons. The number of ether oxygens (including phenoxy) is 4. The number of carbonyl (C=O) groups excluding carboxylic acids is 6. The number of nitrogens with zero attached hydrogens (tertiary/aromatic N) is 6. The molecule has 4 saturated heterocycles. The molecular weight excluding hydrogens is 1730 g/mol. The van der Waals surface area contributed by atoms with Crippen molar-refractivity contribution in [2.75, 3.05) is 107 Å². The number of nitrogens with one attached hydrogen (secondary N) is 9. The zero-order valence-electron chi connectivity index (χ0n) is 78.8. The smallest absolute Gasteiger partial charge is 0.411 e. The number of rotatable bonds is 9. The Labute approximate surface area is 795 Å². The first-order valence-electron chi connectivity index (χ1n) is 46.9. The third kappa shape index (κ3) is 20.7. The van der Waals surface area contributed by atoms with Crippen molar-refractivity contribution in [1.29, 1.82) is 0 Å². The summed E-state index contributed by atoms with van der Waals surface area (Å²) in [6.45, 7) is 28.3. The van der Waals surface area contributed by atoms with E-state index in [2.05, 4.69) is 76.4 Å². The van der Waals surface area contributed by atoms with E-state index in [-0.39, 0.29) is 78.5 Å². The van der Waals surface area contributed by atoms with Crippen LogP contribution in [0.2, 0.25) is 0 Å². The molecule has 9 N–H and O–H groups in total. The van der Waals surface area contributed by atoms with Crippen molar-refractivity contribution in [1.82, 2.24) is 29.7 Å². The highest BCUT2D eigenvalue weighted by Crippen LogP contribution is 2.47. The van der Waals surface area contributed by atoms with Crippen LogP contribution >= 0.6 is 0 Å². The topological polar surface area (TPSA) is 330 Å². The lowest BCUT2D eigenvalue weighted by molar-refractivity contribution is -0.132. The number of carbonyl (C=O) groups is 6. The van der Waals surface area contributed by atoms with Gasteiger partial charge in [0, 0.05) is 168 Å². The minimum Gasteiger partial charge on any atom is -0.477 e. The molecule has 28 nitrogen and oxygen atoms in total. The highest BCUT2D eigenvalue weighted by atomic mass is 16.6. The number of piperidine rings is 2. The monoisotopic (exact) mass is 1840 g/mol. The number of aryl methyl sites for hydroxylation is 3. The summed E-state index contributed by atoms with van der Waals surface area (Å²) in [5.41, 5.74) is 19.2. The number of H-pyrrole nitrogens is 3. The molecule has 12 aromatic rings. The summed E-state index contributed by atoms with van der Waals surface area (Å²) in [5, 5.41) is 23.0. The third-order valence-electron chi connectivity index (χ3n) is 27.5. The Kier molecular flexibility index (Phi) is 27.6. The van der Waals surface area contributed by atoms with E-state index >= 15 is 0 Å². The second-order valence-electron chi connectivity index (χ2n) is 37.2. The average Bonchev–Trinajstić information content (AvgIpc) is 0.925. The average molecular weight is 1850 g/mol. The van der Waals surface area contributed by atoms with Gasteiger partial charge in [-0.3, -0.25) is 44.7 Å². The summed E-state index contributed by atoms with van der Waals surface area (Å²) < 4.78 is 22.5. The standard InChI is InChI=1S/C38H41N5O4.C37H41N5O4.C34H35N5O5/c1-22-17-27-8-13-32(22)23(2)21-47-38(46)41-29-10-14-34(43-24(3)25-6-11-31(43)12-7-25)28(18-29)20-42(4)37(45)35(27)40-30-9-5-26-15-16-39-36(44)33(26)19-30;1-23-18-27-10-13-31(23)24(2)22-46-37(45)40-29-12-14-33(42-17-7-5-6-8-25(42)3)28(19-29)21-41(4)36(44)34(27)39-30-11-9-26-15-16-38-35(43)32(26)20-30;1-20-15-24-6-9-28(20)21(2)19-44-34(42)37-26-8-10-30(39-13-14-43-22(39)3)25(16-26)18-38(4)33(41)31(24)36-27-7-5-23-11-12-35-32(40)29(23)17-27/h5,8-10,13-19,23,25,31,35,40H,3,6-7,11-12,20-21H2,1-2,4H3,(H,39,44)(H,41,46);9-16,18-20,24,34,39H,3,5-8,17,21-22H2,1-2,4H3,(H,38,43)(H,40,45);5-12,15-17,21,31,36H,3,13-14,18-19H2,1-2,4H3,(H,35,40)(H,37,42)/t23-,25?,31?,35+;24-,34+;21-,31+/m000/s1. The van der Waals surface area contributed by atoms with E-state index in [1.54, 1.807) is 71.7 Å². The number of aromatic nitrogens is 3. The molecule has 14 bridgehead atoms. The van der Waals surface area contributed by atoms with Crippen molar-refractivity contribution in [2.45, 2.75) is 154 Å². The zero-order chi connectivity index (χ0) is 96.1. The van der Waals surface area contributed by atoms with Gasteiger partial charge in [0.2, 0.25) is 17.7 Å². The fourth-order valence-electron chi connectivity index (χ4n) is 20.1. The molecular formula is C109H117N15O13. The van der Waals surface area contributed by atoms with Gasteiger partial charge < -0.3 is 79.2 Å². The van der Waals surface area contributed by atoms with E-state index in [4.69, 9.17) is 18.9 Å². The molecule has 6 amide bonds. The summed E-state index contributed by atoms with van der Waals surface area (Å²) in [6, 6.07) is 55.4. The van der Waals surface area contributed by atoms with Crippen LogP contribution in [0.5, 0.6) is 0 Å². The van der Waals surface area contributed by atoms with E-state index in [9.17, 15) is 43.2 Å². The lowest BCUT2D eigenvalue weighted by atomic mass is 9.77. The molecule has 23 rings (SSSR count). The Hall–Kier alpha value is -15.4. The molecule has 0 unspecified atom stereocenters. The quantitative estimate of drug-likeness (QED) is 0.0606. The van der Waals surface area contributed by atoms with Crippen LogP contribution < -0.4 is 63.3 Å². The first kappa shape index (κ1) is 93.5. The van der Waals surface area contributed by atoms with Crippen molar-refractivity contribution in [3.8, 4) is 0 Å². The van der Waals surface area contributed by atoms with Crippen molar-refractivity contribution in [3.05, 3.63) is 335 Å². The number of anilines is 9. The Morgan fingerprint density at radius 1 is 0.380 bits per heavy atom. The van der Waals surface area contributed by atoms with E-state index in [0.29, 0.717) is 94.4 Å². The molecule has 3 aromatic heterocycles. The van der Waals surface area contributed by atoms with E-state index in [1.807, 2.05) is 211 Å². The van der Waals surface area contributed by atoms with E-state index in [1.165, 1.54) is 0 Å². The van der Waals surface area contributed by atoms with Crippen molar-refractivity contribution < 1.29 is 47.7 Å². The molecule has 5 fully saturated rings. The summed E-state index contributed by atoms with van der Waals surface area (Å²) in [5.74, 6) is 0.377. The van der Waals surface area contributed by atoms with E-state index < -0.39 is 36.4 Å². The van der Waals surface area contributed by atoms with Crippen molar-refractivity contribution >= 4 is 120 Å². The number of fused-ring (bicyclic) bond motifs is 33. The van der Waals surface area contributed by atoms with Gasteiger partial charge in [-0.25, -0.2) is 14.4 Å². The summed E-state index contributed by atoms with van der Waals surface area (Å²) in [4.78, 5) is 139. The lowest BCUT2D eigenvalue weighted by Crippen LogP contribution is -2.46. The predicted molar refractivity (Wildman–Crippen MR) is 540 cm³/mol. The predicted octanol–water partition coefficient (Wildman–Crippen LogP) is 20.0. The number of pyridine rings is 3. The normalized spacial score (nSPS) is 20.6. The number of hydrogen-bond donors (Lipinski definition) is 9. The maximum atomic E-state index is 14.5. The second kappa shape index (κ2) is 40.4. The Morgan fingerprint density at radius 2 is 0.752 bits per heavy atom. The molecule has 6 atom stereocenters. The molecule has 1 aliphatic carbocycles. The maximum Gasteiger partial charge on any atom is 0.411 e. The molecule has 11 aliphatic rings. The van der Waals surface area contributed by atoms with Gasteiger partial charge in [-0.05, 0) is 270 Å². The molecule has 0 spiro atoms. The van der Waals surface area contributed by atoms with Gasteiger partial charge in [-0.15, -0.1) is 0 Å². The zero-order valence-corrected chi connectivity index (χ0v) is 78.8. The SMILES string of the molecule is C=C1C2CCC(CC2)N1c1ccc2cc1CN(C)C(=O)[C@H](Nc1ccc3cc[nH]c(=O)c3c1)c1ccc(c(C)c1)[C@@H](C)COC(=O)N2.C=C1CCCCCN1c1ccc2cc1CN(C)C(=O)[C@H](Nc1ccc3cc[nH]c(=O)c3c1)c1ccc(c(C)c1)[C@@H](C)COC(=O)N2.C=C1OCCN1c1ccc2cc1CN(C)C(=O)[C@H](Nc1ccc3cc[nH]c(=O)c3c1)c1ccc(c(C)c1)[C@@H](C)COC(=O)N2. The molecule has 9 aromatic carbocycles. The fraction of sp³-hybridized carbons (Fsp3) is 0.312. The number of amides is 6. The lowest BCUT2D eigenvalue weighted by Gasteiger charge is -2.49. The van der Waals surface area contributed by atoms with Gasteiger partial charge in [0.15, 0.2) is 5.88 Å². The summed E-state index contributed by atoms with van der Waals surface area (Å²) in [7, 11) is 5.36. The second-order valence-corrected chi connectivity index (χ2v) is 37.2. The third-order valence-corrected chi connectivity index (χ3v) is 27.5. The minimum atomic E-state index is -0.746. The molecule has 10 aliphatic heterocycles. The largest absolute Gasteiger partial charge is 0.477 e. The highest BCUT2D eigenvalue weighted by molar-refractivity contribution is 5.94. The number of hydrogen-bond acceptors (Lipinski definition) is 19. The molecule has 1 saturated carbocycles. The number of likely N-dealkylation sites (N-methyl/N-ethyl adjacent to an activating group) is 3. The van der Waals surface area contributed by atoms with Crippen LogP contribution in [0.3, 0.4) is 0 Å². The van der Waals surface area contributed by atoms with Gasteiger partial charge in [-0.2, -0.15) is 0 Å². The molecule has 28 heteroatoms. The van der Waals surface area contributed by atoms with E-state index in [0.717, 1.165) is 169 Å². The first-order chi connectivity index (χ1) is 66.0. The van der Waals surface area contributed by atoms with Crippen molar-refractivity contribution in [3.63, 3.8) is 0 Å². The molecule has 0 radical (unpaired) electrons. The summed E-state index contributed by atoms with van der Waals surface area (Å²) in [6.07, 6.45) is 12.0. The van der Waals surface area contributed by atoms with Gasteiger partial charge >= 0.3 is 18.3 Å². The van der Waals surface area contributed by atoms with Gasteiger partial charge in [0.1, 0.15) is 24.7 Å². The number of allylic oxidation sites excluding steroid dienone is 2. The van der Waals surface area contributed by atoms with Crippen LogP contribution in [-0.4, -0.2) is 132 Å². The van der Waals surface area contributed by atoms with Gasteiger partial charge in [0.05, 0.1) is 26.4 Å². The molecule has 137 heavy (non-hydrogen) atoms. The van der Waals surface area contributed by atoms with Crippen LogP contribution in [0.1, 0.15) is 175 Å². The Balaban J connectivity index is 0.000000142. The fourth-order valence-corrected chi connectivity index (χ4v) is 20.1. The summed E-state index contributed by atoms with van der Waals surface area (Å²) >= 11 is 0. The first-order valence-corrected chi connectivity index (χ1v) is 46.9. The highest BCUT2D eigenvalue weighted by Gasteiger charge is 2.40. The van der Waals surface area contributed by atoms with Crippen LogP contribution in [0.25, 0.3) is 32.3 Å². The minimum absolute atomic E-state index is 0.0572. The van der Waals surface area contributed by atoms with Crippen LogP contribution in [0.4, 0.5) is 65.6 Å². The van der Waals surface area contributed by atoms with Crippen LogP contribution in [-0.2, 0) is 53.0 Å². The van der Waals surface area contributed by atoms with Gasteiger partial charge in [-0.1, -0.05) is 113 Å². The Bertz CT molecular complexity index is 6930. The van der Waals surface area contributed by atoms with Crippen LogP contribution in [0, 0.1) is 26.7 Å². The Morgan fingerprint density at radius 3 is 1.12 bits per heavy atom. The number of benzene rings is 9. The van der Waals surface area contributed by atoms with Crippen LogP contribution in [0.15, 0.2) is 252 Å². The van der Waals surface area contributed by atoms with Crippen molar-refractivity contribution in [2.24, 2.45) is 5.92 Å². The molecule has 13 heterocycles. The number of aromatic amines is 3.